The van der Waals surface area contributed by atoms with Crippen LogP contribution in [-0.4, -0.2) is 26.7 Å². The summed E-state index contributed by atoms with van der Waals surface area (Å²) in [4.78, 5) is 15.4. The van der Waals surface area contributed by atoms with Crippen LogP contribution in [0.15, 0.2) is 79.1 Å². The summed E-state index contributed by atoms with van der Waals surface area (Å²) in [5, 5.41) is 13.0. The van der Waals surface area contributed by atoms with Crippen molar-refractivity contribution in [2.45, 2.75) is 52.0 Å². The Morgan fingerprint density at radius 2 is 1.70 bits per heavy atom. The Hall–Kier alpha value is -3.20. The fourth-order valence-electron chi connectivity index (χ4n) is 4.91. The number of nitrogens with one attached hydrogen (secondary N) is 1. The fourth-order valence-corrected chi connectivity index (χ4v) is 5.23. The average Bonchev–Trinajstić information content (AvgIpc) is 3.29. The molecule has 0 aliphatic carbocycles. The average molecular weight is 581 g/mol. The Labute approximate surface area is 243 Å². The number of aliphatic hydroxyl groups excluding tert-OH is 1. The van der Waals surface area contributed by atoms with Crippen LogP contribution in [0, 0.1) is 5.92 Å². The number of hydrogen-bond acceptors (Lipinski definition) is 5. The van der Waals surface area contributed by atoms with Crippen molar-refractivity contribution in [3.8, 4) is 11.1 Å². The minimum absolute atomic E-state index is 0.0147. The Morgan fingerprint density at radius 3 is 2.35 bits per heavy atom. The van der Waals surface area contributed by atoms with Crippen LogP contribution in [0.5, 0.6) is 0 Å². The predicted molar refractivity (Wildman–Crippen MR) is 155 cm³/mol. The van der Waals surface area contributed by atoms with Crippen molar-refractivity contribution in [2.24, 2.45) is 5.92 Å². The van der Waals surface area contributed by atoms with Gasteiger partial charge in [-0.05, 0) is 33.9 Å². The Kier molecular flexibility index (Phi) is 8.88. The van der Waals surface area contributed by atoms with E-state index in [1.54, 1.807) is 10.9 Å². The monoisotopic (exact) mass is 579 g/mol. The number of ether oxygens (including phenoxy) is 2. The van der Waals surface area contributed by atoms with Gasteiger partial charge in [0.05, 0.1) is 31.7 Å². The Morgan fingerprint density at radius 1 is 0.975 bits per heavy atom. The number of aliphatic hydroxyl groups is 1. The van der Waals surface area contributed by atoms with Crippen molar-refractivity contribution in [3.05, 3.63) is 112 Å². The summed E-state index contributed by atoms with van der Waals surface area (Å²) in [6, 6.07) is 24.0. The number of imidazole rings is 1. The minimum atomic E-state index is -0.610. The van der Waals surface area contributed by atoms with E-state index >= 15 is 0 Å². The van der Waals surface area contributed by atoms with Gasteiger partial charge in [0.25, 0.3) is 0 Å². The first-order valence-corrected chi connectivity index (χ1v) is 13.9. The number of carbonyl (C=O) groups excluding carboxylic acids is 1. The molecule has 1 saturated heterocycles. The molecule has 4 unspecified atom stereocenters. The second-order valence-corrected chi connectivity index (χ2v) is 10.7. The topological polar surface area (TPSA) is 85.6 Å². The summed E-state index contributed by atoms with van der Waals surface area (Å²) < 4.78 is 14.9. The van der Waals surface area contributed by atoms with Crippen LogP contribution in [0.4, 0.5) is 0 Å². The van der Waals surface area contributed by atoms with Crippen molar-refractivity contribution >= 4 is 29.1 Å². The van der Waals surface area contributed by atoms with Gasteiger partial charge in [0.15, 0.2) is 11.4 Å². The maximum atomic E-state index is 11.3. The molecule has 0 bridgehead atoms. The van der Waals surface area contributed by atoms with E-state index in [1.807, 2.05) is 66.7 Å². The predicted octanol–water partition coefficient (Wildman–Crippen LogP) is 6.48. The Balaban J connectivity index is 1.40. The van der Waals surface area contributed by atoms with E-state index in [0.717, 1.165) is 33.4 Å². The van der Waals surface area contributed by atoms with Gasteiger partial charge < -0.3 is 24.5 Å². The van der Waals surface area contributed by atoms with Crippen LogP contribution >= 0.6 is 23.2 Å². The highest BCUT2D eigenvalue weighted by Crippen LogP contribution is 2.42. The molecule has 208 valence electrons. The third kappa shape index (κ3) is 6.40. The number of nitrogens with zero attached hydrogens (tertiary/aromatic N) is 2. The summed E-state index contributed by atoms with van der Waals surface area (Å²) >= 11 is 12.5. The van der Waals surface area contributed by atoms with Gasteiger partial charge in [0, 0.05) is 24.9 Å². The molecule has 2 N–H and O–H groups in total. The van der Waals surface area contributed by atoms with Gasteiger partial charge in [-0.25, -0.2) is 4.98 Å². The minimum Gasteiger partial charge on any atom is -0.392 e. The summed E-state index contributed by atoms with van der Waals surface area (Å²) in [6.45, 7) is 4.53. The molecule has 1 aliphatic heterocycles. The quantitative estimate of drug-likeness (QED) is 0.249. The van der Waals surface area contributed by atoms with E-state index in [2.05, 4.69) is 23.3 Å². The van der Waals surface area contributed by atoms with E-state index < -0.39 is 6.29 Å². The lowest BCUT2D eigenvalue weighted by Crippen LogP contribution is -2.39. The van der Waals surface area contributed by atoms with E-state index in [-0.39, 0.29) is 35.8 Å². The normalized spacial score (nSPS) is 20.8. The van der Waals surface area contributed by atoms with E-state index in [4.69, 9.17) is 32.7 Å². The van der Waals surface area contributed by atoms with Crippen molar-refractivity contribution in [1.29, 1.82) is 0 Å². The lowest BCUT2D eigenvalue weighted by atomic mass is 9.90. The van der Waals surface area contributed by atoms with E-state index in [1.165, 1.54) is 6.92 Å². The van der Waals surface area contributed by atoms with Crippen LogP contribution in [0.25, 0.3) is 11.1 Å². The van der Waals surface area contributed by atoms with Crippen LogP contribution in [0.3, 0.4) is 0 Å². The molecule has 4 atom stereocenters. The molecule has 0 radical (unpaired) electrons. The van der Waals surface area contributed by atoms with Gasteiger partial charge in [-0.1, -0.05) is 96.9 Å². The molecule has 1 amide bonds. The first-order valence-electron chi connectivity index (χ1n) is 13.1. The van der Waals surface area contributed by atoms with Gasteiger partial charge in [0.1, 0.15) is 5.15 Å². The van der Waals surface area contributed by atoms with Crippen LogP contribution < -0.4 is 5.32 Å². The first kappa shape index (κ1) is 28.3. The van der Waals surface area contributed by atoms with Gasteiger partial charge in [-0.3, -0.25) is 4.79 Å². The van der Waals surface area contributed by atoms with E-state index in [9.17, 15) is 9.90 Å². The third-order valence-electron chi connectivity index (χ3n) is 7.22. The molecule has 9 heteroatoms. The molecule has 2 heterocycles. The molecule has 0 spiro atoms. The van der Waals surface area contributed by atoms with Crippen molar-refractivity contribution in [3.63, 3.8) is 0 Å². The number of rotatable bonds is 8. The second kappa shape index (κ2) is 12.5. The maximum absolute atomic E-state index is 11.3. The summed E-state index contributed by atoms with van der Waals surface area (Å²) in [5.74, 6) is -0.0741. The molecule has 4 aromatic rings. The number of hydrogen-bond donors (Lipinski definition) is 2. The number of carbonyl (C=O) groups is 1. The summed E-state index contributed by atoms with van der Waals surface area (Å²) in [7, 11) is 0. The molecular formula is C31H31Cl2N3O4. The molecule has 7 nitrogen and oxygen atoms in total. The lowest BCUT2D eigenvalue weighted by molar-refractivity contribution is -0.276. The molecule has 0 saturated carbocycles. The van der Waals surface area contributed by atoms with Crippen LogP contribution in [0.2, 0.25) is 10.3 Å². The standard InChI is InChI=1S/C31H31Cl2N3O4/c1-19-27(16-36-18-35-29(32)30(36)33)39-31(40-28(19)24-8-6-21(17-37)7-9-24)25-12-10-23(11-13-25)26-5-3-4-22(14-26)15-34-20(2)38/h3-14,18-19,27-28,31,37H,15-17H2,1-2H3,(H,34,38). The highest BCUT2D eigenvalue weighted by atomic mass is 35.5. The molecule has 1 aromatic heterocycles. The highest BCUT2D eigenvalue weighted by Gasteiger charge is 2.38. The zero-order chi connectivity index (χ0) is 28.2. The Bertz CT molecular complexity index is 1460. The molecule has 1 aliphatic rings. The van der Waals surface area contributed by atoms with Crippen molar-refractivity contribution in [1.82, 2.24) is 14.9 Å². The number of amides is 1. The second-order valence-electron chi connectivity index (χ2n) is 10.0. The van der Waals surface area contributed by atoms with Crippen molar-refractivity contribution < 1.29 is 19.4 Å². The molecule has 40 heavy (non-hydrogen) atoms. The van der Waals surface area contributed by atoms with Crippen LogP contribution in [0.1, 0.15) is 48.5 Å². The largest absolute Gasteiger partial charge is 0.392 e. The summed E-state index contributed by atoms with van der Waals surface area (Å²) in [5.41, 5.74) is 5.87. The number of aromatic nitrogens is 2. The highest BCUT2D eigenvalue weighted by molar-refractivity contribution is 6.40. The molecule has 5 rings (SSSR count). The zero-order valence-electron chi connectivity index (χ0n) is 22.3. The molecule has 1 fully saturated rings. The summed E-state index contributed by atoms with van der Waals surface area (Å²) in [6.07, 6.45) is 0.515. The van der Waals surface area contributed by atoms with Gasteiger partial charge in [-0.2, -0.15) is 0 Å². The molecule has 3 aromatic carbocycles. The maximum Gasteiger partial charge on any atom is 0.217 e. The SMILES string of the molecule is CC(=O)NCc1cccc(-c2ccc(C3OC(Cn4cnc(Cl)c4Cl)C(C)C(c4ccc(CO)cc4)O3)cc2)c1. The van der Waals surface area contributed by atoms with E-state index in [0.29, 0.717) is 18.2 Å². The zero-order valence-corrected chi connectivity index (χ0v) is 23.8. The van der Waals surface area contributed by atoms with Gasteiger partial charge in [0.2, 0.25) is 5.91 Å². The smallest absolute Gasteiger partial charge is 0.217 e. The number of benzene rings is 3. The first-order chi connectivity index (χ1) is 19.3. The van der Waals surface area contributed by atoms with Crippen molar-refractivity contribution in [2.75, 3.05) is 0 Å². The fraction of sp³-hybridized carbons (Fsp3) is 0.290. The number of halogens is 2. The van der Waals surface area contributed by atoms with Gasteiger partial charge >= 0.3 is 0 Å². The molecular weight excluding hydrogens is 549 g/mol. The third-order valence-corrected chi connectivity index (χ3v) is 7.99. The van der Waals surface area contributed by atoms with Crippen LogP contribution in [-0.2, 0) is 34.0 Å². The lowest BCUT2D eigenvalue weighted by Gasteiger charge is -2.41. The van der Waals surface area contributed by atoms with Gasteiger partial charge in [-0.15, -0.1) is 0 Å².